The molecule has 1 N–H and O–H groups in total. The summed E-state index contributed by atoms with van der Waals surface area (Å²) in [5.74, 6) is 0.246. The number of nitrogens with one attached hydrogen (secondary N) is 1. The Balaban J connectivity index is 2.74. The van der Waals surface area contributed by atoms with Crippen LogP contribution in [-0.4, -0.2) is 30.6 Å². The molecule has 1 rings (SSSR count). The van der Waals surface area contributed by atoms with Gasteiger partial charge in [0.15, 0.2) is 0 Å². The van der Waals surface area contributed by atoms with Crippen LogP contribution in [0.25, 0.3) is 0 Å². The summed E-state index contributed by atoms with van der Waals surface area (Å²) in [4.78, 5) is 11.3. The van der Waals surface area contributed by atoms with Crippen molar-refractivity contribution in [2.24, 2.45) is 0 Å². The van der Waals surface area contributed by atoms with Gasteiger partial charge in [-0.15, -0.1) is 11.8 Å². The van der Waals surface area contributed by atoms with Crippen LogP contribution in [0.4, 0.5) is 0 Å². The fourth-order valence-electron chi connectivity index (χ4n) is 2.03. The predicted octanol–water partition coefficient (Wildman–Crippen LogP) is 3.02. The molecule has 1 aromatic carbocycles. The molecule has 3 nitrogen and oxygen atoms in total. The summed E-state index contributed by atoms with van der Waals surface area (Å²) in [7, 11) is 1.43. The molecule has 0 amide bonds. The first kappa shape index (κ1) is 16.1. The van der Waals surface area contributed by atoms with E-state index in [-0.39, 0.29) is 12.0 Å². The van der Waals surface area contributed by atoms with Crippen molar-refractivity contribution in [2.75, 3.05) is 19.4 Å². The van der Waals surface area contributed by atoms with Gasteiger partial charge in [0, 0.05) is 11.3 Å². The Morgan fingerprint density at radius 3 is 2.53 bits per heavy atom. The first-order chi connectivity index (χ1) is 9.22. The van der Waals surface area contributed by atoms with Crippen LogP contribution in [0.2, 0.25) is 0 Å². The molecule has 0 aliphatic carbocycles. The van der Waals surface area contributed by atoms with Gasteiger partial charge in [-0.05, 0) is 18.5 Å². The number of methoxy groups -OCH3 is 1. The summed E-state index contributed by atoms with van der Waals surface area (Å²) in [6.07, 6.45) is 1.01. The minimum Gasteiger partial charge on any atom is -0.468 e. The molecule has 2 unspecified atom stereocenters. The van der Waals surface area contributed by atoms with Gasteiger partial charge >= 0.3 is 5.97 Å². The largest absolute Gasteiger partial charge is 0.468 e. The lowest BCUT2D eigenvalue weighted by Crippen LogP contribution is -2.30. The Bertz CT molecular complexity index is 370. The molecular weight excluding hydrogens is 258 g/mol. The van der Waals surface area contributed by atoms with Crippen LogP contribution in [0.15, 0.2) is 30.3 Å². The summed E-state index contributed by atoms with van der Waals surface area (Å²) >= 11 is 1.66. The molecule has 0 aromatic heterocycles. The minimum absolute atomic E-state index is 0.160. The summed E-state index contributed by atoms with van der Waals surface area (Å²) < 4.78 is 4.71. The molecule has 4 heteroatoms. The molecule has 0 saturated heterocycles. The van der Waals surface area contributed by atoms with Crippen molar-refractivity contribution in [3.8, 4) is 0 Å². The number of hydrogen-bond donors (Lipinski definition) is 1. The molecule has 0 fully saturated rings. The van der Waals surface area contributed by atoms with Gasteiger partial charge in [-0.25, -0.2) is 0 Å². The molecule has 19 heavy (non-hydrogen) atoms. The van der Waals surface area contributed by atoms with Crippen LogP contribution < -0.4 is 5.32 Å². The lowest BCUT2D eigenvalue weighted by Gasteiger charge is -2.26. The van der Waals surface area contributed by atoms with E-state index in [2.05, 4.69) is 43.4 Å². The highest BCUT2D eigenvalue weighted by atomic mass is 32.2. The van der Waals surface area contributed by atoms with Gasteiger partial charge in [0.05, 0.1) is 12.9 Å². The van der Waals surface area contributed by atoms with E-state index in [4.69, 9.17) is 4.74 Å². The lowest BCUT2D eigenvalue weighted by molar-refractivity contribution is -0.137. The van der Waals surface area contributed by atoms with Gasteiger partial charge in [-0.2, -0.15) is 0 Å². The third kappa shape index (κ3) is 5.25. The number of thioether (sulfide) groups is 1. The molecule has 0 spiro atoms. The maximum absolute atomic E-state index is 11.3. The second-order valence-electron chi connectivity index (χ2n) is 4.28. The SMILES string of the molecule is CCNC(c1ccccc1)C(CC)SCC(=O)OC. The zero-order valence-corrected chi connectivity index (χ0v) is 12.7. The summed E-state index contributed by atoms with van der Waals surface area (Å²) in [6, 6.07) is 10.7. The number of carbonyl (C=O) groups is 1. The molecule has 0 bridgehead atoms. The highest BCUT2D eigenvalue weighted by Crippen LogP contribution is 2.29. The molecule has 2 atom stereocenters. The normalized spacial score (nSPS) is 13.8. The Morgan fingerprint density at radius 1 is 1.32 bits per heavy atom. The molecule has 0 aliphatic rings. The number of esters is 1. The Morgan fingerprint density at radius 2 is 2.00 bits per heavy atom. The second kappa shape index (κ2) is 8.99. The van der Waals surface area contributed by atoms with Gasteiger partial charge in [0.25, 0.3) is 0 Å². The average molecular weight is 281 g/mol. The van der Waals surface area contributed by atoms with Crippen LogP contribution in [0.3, 0.4) is 0 Å². The molecule has 0 radical (unpaired) electrons. The third-order valence-electron chi connectivity index (χ3n) is 3.00. The summed E-state index contributed by atoms with van der Waals surface area (Å²) in [5, 5.41) is 3.88. The fraction of sp³-hybridized carbons (Fsp3) is 0.533. The van der Waals surface area contributed by atoms with Gasteiger partial charge in [-0.1, -0.05) is 44.2 Å². The molecule has 0 saturated carbocycles. The van der Waals surface area contributed by atoms with Gasteiger partial charge < -0.3 is 10.1 Å². The van der Waals surface area contributed by atoms with Gasteiger partial charge in [-0.3, -0.25) is 4.79 Å². The highest BCUT2D eigenvalue weighted by molar-refractivity contribution is 8.00. The van der Waals surface area contributed by atoms with Crippen LogP contribution in [0, 0.1) is 0 Å². The van der Waals surface area contributed by atoms with Crippen LogP contribution in [0.5, 0.6) is 0 Å². The second-order valence-corrected chi connectivity index (χ2v) is 5.51. The zero-order chi connectivity index (χ0) is 14.1. The van der Waals surface area contributed by atoms with E-state index in [0.29, 0.717) is 11.0 Å². The van der Waals surface area contributed by atoms with E-state index in [1.165, 1.54) is 12.7 Å². The quantitative estimate of drug-likeness (QED) is 0.743. The number of rotatable bonds is 8. The van der Waals surface area contributed by atoms with Crippen molar-refractivity contribution in [1.82, 2.24) is 5.32 Å². The molecule has 0 heterocycles. The van der Waals surface area contributed by atoms with E-state index >= 15 is 0 Å². The molecule has 1 aromatic rings. The summed E-state index contributed by atoms with van der Waals surface area (Å²) in [6.45, 7) is 5.17. The van der Waals surface area contributed by atoms with Crippen molar-refractivity contribution in [1.29, 1.82) is 0 Å². The number of ether oxygens (including phenoxy) is 1. The first-order valence-corrected chi connectivity index (χ1v) is 7.74. The standard InChI is InChI=1S/C15H23NO2S/c1-4-13(19-11-14(17)18-3)15(16-5-2)12-9-7-6-8-10-12/h6-10,13,15-16H,4-5,11H2,1-3H3. The van der Waals surface area contributed by atoms with Crippen molar-refractivity contribution in [3.05, 3.63) is 35.9 Å². The fourth-order valence-corrected chi connectivity index (χ4v) is 3.18. The minimum atomic E-state index is -0.160. The Hall–Kier alpha value is -1.00. The Labute approximate surface area is 120 Å². The number of carbonyl (C=O) groups excluding carboxylic acids is 1. The van der Waals surface area contributed by atoms with E-state index in [0.717, 1.165) is 13.0 Å². The number of hydrogen-bond acceptors (Lipinski definition) is 4. The first-order valence-electron chi connectivity index (χ1n) is 6.69. The maximum Gasteiger partial charge on any atom is 0.315 e. The topological polar surface area (TPSA) is 38.3 Å². The van der Waals surface area contributed by atoms with E-state index in [9.17, 15) is 4.79 Å². The zero-order valence-electron chi connectivity index (χ0n) is 11.9. The Kier molecular flexibility index (Phi) is 7.60. The predicted molar refractivity (Wildman–Crippen MR) is 81.4 cm³/mol. The van der Waals surface area contributed by atoms with Gasteiger partial charge in [0.2, 0.25) is 0 Å². The lowest BCUT2D eigenvalue weighted by atomic mass is 10.0. The van der Waals surface area contributed by atoms with E-state index < -0.39 is 0 Å². The van der Waals surface area contributed by atoms with Crippen LogP contribution in [0.1, 0.15) is 31.9 Å². The van der Waals surface area contributed by atoms with Crippen molar-refractivity contribution < 1.29 is 9.53 Å². The van der Waals surface area contributed by atoms with Crippen LogP contribution in [-0.2, 0) is 9.53 Å². The van der Waals surface area contributed by atoms with E-state index in [1.807, 2.05) is 6.07 Å². The summed E-state index contributed by atoms with van der Waals surface area (Å²) in [5.41, 5.74) is 1.27. The highest BCUT2D eigenvalue weighted by Gasteiger charge is 2.22. The maximum atomic E-state index is 11.3. The van der Waals surface area contributed by atoms with Crippen molar-refractivity contribution in [2.45, 2.75) is 31.6 Å². The van der Waals surface area contributed by atoms with Crippen molar-refractivity contribution in [3.63, 3.8) is 0 Å². The van der Waals surface area contributed by atoms with Crippen molar-refractivity contribution >= 4 is 17.7 Å². The molecule has 0 aliphatic heterocycles. The average Bonchev–Trinajstić information content (AvgIpc) is 2.47. The van der Waals surface area contributed by atoms with Crippen LogP contribution >= 0.6 is 11.8 Å². The molecular formula is C15H23NO2S. The monoisotopic (exact) mass is 281 g/mol. The smallest absolute Gasteiger partial charge is 0.315 e. The van der Waals surface area contributed by atoms with Gasteiger partial charge in [0.1, 0.15) is 0 Å². The number of benzene rings is 1. The molecule has 106 valence electrons. The van der Waals surface area contributed by atoms with E-state index in [1.54, 1.807) is 11.8 Å². The third-order valence-corrected chi connectivity index (χ3v) is 4.44.